The Hall–Kier alpha value is -1.90. The summed E-state index contributed by atoms with van der Waals surface area (Å²) in [7, 11) is 0. The first-order chi connectivity index (χ1) is 12.1. The number of aliphatic hydroxyl groups excluding tert-OH is 1. The van der Waals surface area contributed by atoms with Gasteiger partial charge in [0.05, 0.1) is 19.3 Å². The van der Waals surface area contributed by atoms with E-state index >= 15 is 0 Å². The largest absolute Gasteiger partial charge is 0.390 e. The van der Waals surface area contributed by atoms with Crippen LogP contribution in [0.25, 0.3) is 0 Å². The van der Waals surface area contributed by atoms with Crippen LogP contribution in [0.3, 0.4) is 0 Å². The molecule has 0 radical (unpaired) electrons. The van der Waals surface area contributed by atoms with Crippen LogP contribution in [-0.2, 0) is 12.1 Å². The number of rotatable bonds is 3. The molecular formula is C17H19ClFN5OS. The van der Waals surface area contributed by atoms with Crippen LogP contribution >= 0.6 is 24.2 Å². The summed E-state index contributed by atoms with van der Waals surface area (Å²) < 4.78 is 13.6. The van der Waals surface area contributed by atoms with Gasteiger partial charge in [0.15, 0.2) is 11.0 Å². The third kappa shape index (κ3) is 3.13. The molecule has 1 aromatic carbocycles. The monoisotopic (exact) mass is 395 g/mol. The molecule has 4 rings (SSSR count). The number of thioether (sulfide) groups is 1. The molecule has 2 atom stereocenters. The van der Waals surface area contributed by atoms with Gasteiger partial charge >= 0.3 is 0 Å². The van der Waals surface area contributed by atoms with Crippen LogP contribution in [0, 0.1) is 11.7 Å². The van der Waals surface area contributed by atoms with Gasteiger partial charge in [-0.05, 0) is 5.56 Å². The Morgan fingerprint density at radius 2 is 2.12 bits per heavy atom. The lowest BCUT2D eigenvalue weighted by Gasteiger charge is -2.34. The third-order valence-corrected chi connectivity index (χ3v) is 5.76. The summed E-state index contributed by atoms with van der Waals surface area (Å²) in [6.45, 7) is 0.817. The van der Waals surface area contributed by atoms with Crippen LogP contribution in [0.1, 0.15) is 11.3 Å². The molecule has 0 amide bonds. The lowest BCUT2D eigenvalue weighted by atomic mass is 9.82. The summed E-state index contributed by atoms with van der Waals surface area (Å²) in [6, 6.07) is 10.1. The fourth-order valence-corrected chi connectivity index (χ4v) is 4.54. The quantitative estimate of drug-likeness (QED) is 0.825. The maximum absolute atomic E-state index is 13.6. The number of aliphatic imine (C=N–C) groups is 1. The summed E-state index contributed by atoms with van der Waals surface area (Å²) in [5.41, 5.74) is 6.71. The normalized spacial score (nSPS) is 24.6. The summed E-state index contributed by atoms with van der Waals surface area (Å²) in [5, 5.41) is 9.85. The number of aliphatic hydroxyl groups is 1. The van der Waals surface area contributed by atoms with E-state index < -0.39 is 18.0 Å². The van der Waals surface area contributed by atoms with E-state index in [-0.39, 0.29) is 24.0 Å². The highest BCUT2D eigenvalue weighted by Crippen LogP contribution is 2.45. The zero-order chi connectivity index (χ0) is 17.4. The first-order valence-corrected chi connectivity index (χ1v) is 9.02. The van der Waals surface area contributed by atoms with Crippen molar-refractivity contribution >= 4 is 35.3 Å². The summed E-state index contributed by atoms with van der Waals surface area (Å²) in [6.07, 6.45) is 1.11. The molecular weight excluding hydrogens is 377 g/mol. The number of benzene rings is 1. The molecule has 138 valence electrons. The maximum atomic E-state index is 13.6. The molecule has 2 aromatic rings. The number of aromatic nitrogens is 2. The lowest BCUT2D eigenvalue weighted by Crippen LogP contribution is -2.40. The molecule has 1 fully saturated rings. The number of halogens is 2. The van der Waals surface area contributed by atoms with Gasteiger partial charge in [-0.2, -0.15) is 0 Å². The third-order valence-electron chi connectivity index (χ3n) is 4.80. The van der Waals surface area contributed by atoms with Gasteiger partial charge < -0.3 is 15.7 Å². The zero-order valence-corrected chi connectivity index (χ0v) is 15.5. The number of anilines is 1. The second kappa shape index (κ2) is 7.38. The van der Waals surface area contributed by atoms with Crippen molar-refractivity contribution in [2.24, 2.45) is 16.6 Å². The summed E-state index contributed by atoms with van der Waals surface area (Å²) >= 11 is 1.56. The van der Waals surface area contributed by atoms with E-state index in [1.54, 1.807) is 11.8 Å². The smallest absolute Gasteiger partial charge is 0.225 e. The van der Waals surface area contributed by atoms with Crippen LogP contribution in [0.2, 0.25) is 0 Å². The van der Waals surface area contributed by atoms with E-state index in [1.807, 2.05) is 23.1 Å². The standard InChI is InChI=1S/C17H18FN5OS.ClH/c18-13-6-20-16(21-14(13)8-24)23-7-12-9-25-15(19)22-17(12,10-23)11-4-2-1-3-5-11;/h1-6,12,24H,7-10H2,(H2,19,22);1H/t12-,17?;/m0./s1. The number of hydrogen-bond acceptors (Lipinski definition) is 7. The topological polar surface area (TPSA) is 87.6 Å². The van der Waals surface area contributed by atoms with Crippen molar-refractivity contribution in [1.29, 1.82) is 0 Å². The molecule has 0 bridgehead atoms. The minimum atomic E-state index is -0.599. The second-order valence-electron chi connectivity index (χ2n) is 6.25. The Morgan fingerprint density at radius 1 is 1.35 bits per heavy atom. The van der Waals surface area contributed by atoms with E-state index in [4.69, 9.17) is 10.7 Å². The average Bonchev–Trinajstić information content (AvgIpc) is 3.03. The van der Waals surface area contributed by atoms with Crippen molar-refractivity contribution in [3.63, 3.8) is 0 Å². The van der Waals surface area contributed by atoms with Gasteiger partial charge in [0.1, 0.15) is 11.2 Å². The van der Waals surface area contributed by atoms with Gasteiger partial charge in [0.2, 0.25) is 5.95 Å². The fraction of sp³-hybridized carbons (Fsp3) is 0.353. The molecule has 2 aliphatic rings. The lowest BCUT2D eigenvalue weighted by molar-refractivity contribution is 0.269. The molecule has 26 heavy (non-hydrogen) atoms. The summed E-state index contributed by atoms with van der Waals surface area (Å²) in [4.78, 5) is 15.1. The SMILES string of the molecule is Cl.NC1=NC2(c3ccccc3)CN(c3ncc(F)c(CO)n3)C[C@H]2CS1. The molecule has 0 saturated carbocycles. The highest BCUT2D eigenvalue weighted by Gasteiger charge is 2.50. The van der Waals surface area contributed by atoms with Crippen molar-refractivity contribution in [2.75, 3.05) is 23.7 Å². The second-order valence-corrected chi connectivity index (χ2v) is 7.29. The molecule has 3 heterocycles. The van der Waals surface area contributed by atoms with Crippen molar-refractivity contribution < 1.29 is 9.50 Å². The van der Waals surface area contributed by atoms with E-state index in [0.29, 0.717) is 24.2 Å². The first kappa shape index (κ1) is 18.9. The molecule has 3 N–H and O–H groups in total. The molecule has 6 nitrogen and oxygen atoms in total. The van der Waals surface area contributed by atoms with Crippen LogP contribution in [0.15, 0.2) is 41.5 Å². The zero-order valence-electron chi connectivity index (χ0n) is 13.9. The first-order valence-electron chi connectivity index (χ1n) is 8.03. The van der Waals surface area contributed by atoms with Crippen molar-refractivity contribution in [1.82, 2.24) is 9.97 Å². The maximum Gasteiger partial charge on any atom is 0.225 e. The highest BCUT2D eigenvalue weighted by molar-refractivity contribution is 8.13. The Morgan fingerprint density at radius 3 is 2.85 bits per heavy atom. The molecule has 0 spiro atoms. The predicted molar refractivity (Wildman–Crippen MR) is 103 cm³/mol. The van der Waals surface area contributed by atoms with Gasteiger partial charge in [-0.1, -0.05) is 42.1 Å². The molecule has 9 heteroatoms. The number of nitrogens with two attached hydrogens (primary N) is 1. The van der Waals surface area contributed by atoms with Gasteiger partial charge in [-0.15, -0.1) is 12.4 Å². The fourth-order valence-electron chi connectivity index (χ4n) is 3.56. The Bertz CT molecular complexity index is 824. The molecule has 1 saturated heterocycles. The van der Waals surface area contributed by atoms with E-state index in [1.165, 1.54) is 0 Å². The molecule has 2 aliphatic heterocycles. The Balaban J connectivity index is 0.00000196. The average molecular weight is 396 g/mol. The molecule has 1 aromatic heterocycles. The van der Waals surface area contributed by atoms with Gasteiger partial charge in [-0.3, -0.25) is 0 Å². The van der Waals surface area contributed by atoms with Gasteiger partial charge in [0, 0.05) is 18.2 Å². The summed E-state index contributed by atoms with van der Waals surface area (Å²) in [5.74, 6) is 0.917. The molecule has 1 unspecified atom stereocenters. The van der Waals surface area contributed by atoms with Crippen molar-refractivity contribution in [3.05, 3.63) is 53.6 Å². The number of amidine groups is 1. The van der Waals surface area contributed by atoms with Crippen LogP contribution in [0.5, 0.6) is 0 Å². The highest BCUT2D eigenvalue weighted by atomic mass is 35.5. The van der Waals surface area contributed by atoms with Crippen molar-refractivity contribution in [3.8, 4) is 0 Å². The van der Waals surface area contributed by atoms with Gasteiger partial charge in [0.25, 0.3) is 0 Å². The predicted octanol–water partition coefficient (Wildman–Crippen LogP) is 1.92. The minimum absolute atomic E-state index is 0. The number of fused-ring (bicyclic) bond motifs is 1. The van der Waals surface area contributed by atoms with E-state index in [2.05, 4.69) is 22.1 Å². The number of nitrogens with zero attached hydrogens (tertiary/aromatic N) is 4. The molecule has 0 aliphatic carbocycles. The Labute approximate surface area is 161 Å². The van der Waals surface area contributed by atoms with Gasteiger partial charge in [-0.25, -0.2) is 19.4 Å². The number of hydrogen-bond donors (Lipinski definition) is 2. The minimum Gasteiger partial charge on any atom is -0.390 e. The van der Waals surface area contributed by atoms with E-state index in [0.717, 1.165) is 17.5 Å². The van der Waals surface area contributed by atoms with E-state index in [9.17, 15) is 9.50 Å². The Kier molecular flexibility index (Phi) is 5.36. The van der Waals surface area contributed by atoms with Crippen molar-refractivity contribution in [2.45, 2.75) is 12.1 Å². The van der Waals surface area contributed by atoms with Crippen LogP contribution in [-0.4, -0.2) is 39.1 Å². The van der Waals surface area contributed by atoms with Crippen LogP contribution in [0.4, 0.5) is 10.3 Å². The van der Waals surface area contributed by atoms with Crippen LogP contribution < -0.4 is 10.6 Å².